The quantitative estimate of drug-likeness (QED) is 0.793. The van der Waals surface area contributed by atoms with Crippen LogP contribution in [0.5, 0.6) is 0 Å². The third-order valence-electron chi connectivity index (χ3n) is 2.92. The lowest BCUT2D eigenvalue weighted by molar-refractivity contribution is 0.412. The molecule has 3 rings (SSSR count). The molecule has 0 spiro atoms. The summed E-state index contributed by atoms with van der Waals surface area (Å²) in [4.78, 5) is 4.23. The molecule has 0 radical (unpaired) electrons. The normalized spacial score (nSPS) is 10.9. The molecule has 0 unspecified atom stereocenters. The Morgan fingerprint density at radius 2 is 2.10 bits per heavy atom. The van der Waals surface area contributed by atoms with Crippen LogP contribution >= 0.6 is 0 Å². The van der Waals surface area contributed by atoms with Gasteiger partial charge in [-0.05, 0) is 42.8 Å². The largest absolute Gasteiger partial charge is 0.455 e. The summed E-state index contributed by atoms with van der Waals surface area (Å²) in [6.07, 6.45) is 0. The van der Waals surface area contributed by atoms with Crippen molar-refractivity contribution in [3.05, 3.63) is 47.5 Å². The fourth-order valence-electron chi connectivity index (χ4n) is 1.83. The van der Waals surface area contributed by atoms with E-state index >= 15 is 0 Å². The SMILES string of the molecule is Cc1cc(-c2noc(-c3ccc(CN)o3)n2)ccc1F. The van der Waals surface area contributed by atoms with Gasteiger partial charge < -0.3 is 14.7 Å². The van der Waals surface area contributed by atoms with Crippen molar-refractivity contribution in [3.63, 3.8) is 0 Å². The molecule has 0 bridgehead atoms. The lowest BCUT2D eigenvalue weighted by atomic mass is 10.1. The molecule has 0 fully saturated rings. The Labute approximate surface area is 114 Å². The van der Waals surface area contributed by atoms with Gasteiger partial charge in [0.25, 0.3) is 5.89 Å². The molecular formula is C14H12FN3O2. The lowest BCUT2D eigenvalue weighted by Crippen LogP contribution is -1.92. The maximum Gasteiger partial charge on any atom is 0.293 e. The van der Waals surface area contributed by atoms with Crippen molar-refractivity contribution in [2.24, 2.45) is 5.73 Å². The number of aromatic nitrogens is 2. The van der Waals surface area contributed by atoms with E-state index in [1.54, 1.807) is 31.2 Å². The summed E-state index contributed by atoms with van der Waals surface area (Å²) in [5, 5.41) is 3.87. The molecule has 6 heteroatoms. The molecule has 0 aliphatic heterocycles. The number of hydrogen-bond acceptors (Lipinski definition) is 5. The number of hydrogen-bond donors (Lipinski definition) is 1. The van der Waals surface area contributed by atoms with Crippen LogP contribution in [0.3, 0.4) is 0 Å². The van der Waals surface area contributed by atoms with Crippen LogP contribution in [0.1, 0.15) is 11.3 Å². The highest BCUT2D eigenvalue weighted by molar-refractivity contribution is 5.58. The van der Waals surface area contributed by atoms with Crippen molar-refractivity contribution in [2.75, 3.05) is 0 Å². The molecular weight excluding hydrogens is 261 g/mol. The summed E-state index contributed by atoms with van der Waals surface area (Å²) in [7, 11) is 0. The standard InChI is InChI=1S/C14H12FN3O2/c1-8-6-9(2-4-11(8)15)13-17-14(20-18-13)12-5-3-10(7-16)19-12/h2-6H,7,16H2,1H3. The minimum absolute atomic E-state index is 0.265. The molecule has 2 heterocycles. The van der Waals surface area contributed by atoms with Crippen LogP contribution in [0.25, 0.3) is 23.0 Å². The number of nitrogens with zero attached hydrogens (tertiary/aromatic N) is 2. The second kappa shape index (κ2) is 4.90. The fraction of sp³-hybridized carbons (Fsp3) is 0.143. The van der Waals surface area contributed by atoms with Crippen molar-refractivity contribution in [1.29, 1.82) is 0 Å². The molecule has 5 nitrogen and oxygen atoms in total. The fourth-order valence-corrected chi connectivity index (χ4v) is 1.83. The highest BCUT2D eigenvalue weighted by Gasteiger charge is 2.14. The van der Waals surface area contributed by atoms with Crippen LogP contribution in [0, 0.1) is 12.7 Å². The number of nitrogens with two attached hydrogens (primary N) is 1. The average Bonchev–Trinajstić information content (AvgIpc) is 3.09. The molecule has 2 N–H and O–H groups in total. The Hall–Kier alpha value is -2.47. The second-order valence-electron chi connectivity index (χ2n) is 4.36. The van der Waals surface area contributed by atoms with Gasteiger partial charge in [0.15, 0.2) is 5.76 Å². The van der Waals surface area contributed by atoms with E-state index in [0.29, 0.717) is 35.0 Å². The summed E-state index contributed by atoms with van der Waals surface area (Å²) in [6.45, 7) is 1.98. The summed E-state index contributed by atoms with van der Waals surface area (Å²) in [6, 6.07) is 8.11. The molecule has 0 aliphatic carbocycles. The Morgan fingerprint density at radius 1 is 1.25 bits per heavy atom. The number of halogens is 1. The van der Waals surface area contributed by atoms with Crippen molar-refractivity contribution in [3.8, 4) is 23.0 Å². The molecule has 0 atom stereocenters. The average molecular weight is 273 g/mol. The van der Waals surface area contributed by atoms with Crippen molar-refractivity contribution in [1.82, 2.24) is 10.1 Å². The number of aryl methyl sites for hydroxylation is 1. The highest BCUT2D eigenvalue weighted by Crippen LogP contribution is 2.24. The number of rotatable bonds is 3. The molecule has 2 aromatic heterocycles. The Morgan fingerprint density at radius 3 is 2.80 bits per heavy atom. The van der Waals surface area contributed by atoms with Gasteiger partial charge in [-0.15, -0.1) is 0 Å². The molecule has 3 aromatic rings. The van der Waals surface area contributed by atoms with Crippen LogP contribution < -0.4 is 5.73 Å². The van der Waals surface area contributed by atoms with Crippen LogP contribution in [-0.4, -0.2) is 10.1 Å². The first-order valence-corrected chi connectivity index (χ1v) is 6.07. The van der Waals surface area contributed by atoms with Crippen LogP contribution in [-0.2, 0) is 6.54 Å². The first-order chi connectivity index (χ1) is 9.67. The maximum atomic E-state index is 13.2. The van der Waals surface area contributed by atoms with Gasteiger partial charge >= 0.3 is 0 Å². The summed E-state index contributed by atoms with van der Waals surface area (Å²) < 4.78 is 23.8. The molecule has 0 amide bonds. The predicted octanol–water partition coefficient (Wildman–Crippen LogP) is 2.90. The van der Waals surface area contributed by atoms with Gasteiger partial charge in [0.2, 0.25) is 5.82 Å². The third kappa shape index (κ3) is 2.21. The van der Waals surface area contributed by atoms with Crippen LogP contribution in [0.15, 0.2) is 39.3 Å². The van der Waals surface area contributed by atoms with Gasteiger partial charge in [-0.3, -0.25) is 0 Å². The predicted molar refractivity (Wildman–Crippen MR) is 70.0 cm³/mol. The van der Waals surface area contributed by atoms with Crippen LogP contribution in [0.4, 0.5) is 4.39 Å². The molecule has 0 saturated heterocycles. The van der Waals surface area contributed by atoms with E-state index < -0.39 is 0 Å². The second-order valence-corrected chi connectivity index (χ2v) is 4.36. The smallest absolute Gasteiger partial charge is 0.293 e. The van der Waals surface area contributed by atoms with Gasteiger partial charge in [0.1, 0.15) is 11.6 Å². The topological polar surface area (TPSA) is 78.1 Å². The van der Waals surface area contributed by atoms with Gasteiger partial charge in [-0.2, -0.15) is 4.98 Å². The summed E-state index contributed by atoms with van der Waals surface area (Å²) in [5.74, 6) is 1.48. The Kier molecular flexibility index (Phi) is 3.08. The van der Waals surface area contributed by atoms with Crippen LogP contribution in [0.2, 0.25) is 0 Å². The number of benzene rings is 1. The van der Waals surface area contributed by atoms with E-state index in [9.17, 15) is 4.39 Å². The van der Waals surface area contributed by atoms with Gasteiger partial charge in [0, 0.05) is 5.56 Å². The van der Waals surface area contributed by atoms with Gasteiger partial charge in [-0.1, -0.05) is 5.16 Å². The minimum atomic E-state index is -0.268. The van der Waals surface area contributed by atoms with E-state index in [1.807, 2.05) is 0 Å². The molecule has 1 aromatic carbocycles. The molecule has 20 heavy (non-hydrogen) atoms. The number of furan rings is 1. The van der Waals surface area contributed by atoms with E-state index in [4.69, 9.17) is 14.7 Å². The zero-order chi connectivity index (χ0) is 14.1. The van der Waals surface area contributed by atoms with E-state index in [-0.39, 0.29) is 11.7 Å². The van der Waals surface area contributed by atoms with Crippen molar-refractivity contribution >= 4 is 0 Å². The minimum Gasteiger partial charge on any atom is -0.455 e. The van der Waals surface area contributed by atoms with Crippen molar-refractivity contribution in [2.45, 2.75) is 13.5 Å². The zero-order valence-corrected chi connectivity index (χ0v) is 10.8. The monoisotopic (exact) mass is 273 g/mol. The first kappa shape index (κ1) is 12.6. The van der Waals surface area contributed by atoms with E-state index in [2.05, 4.69) is 10.1 Å². The zero-order valence-electron chi connectivity index (χ0n) is 10.8. The van der Waals surface area contributed by atoms with Crippen molar-refractivity contribution < 1.29 is 13.3 Å². The van der Waals surface area contributed by atoms with E-state index in [1.165, 1.54) is 6.07 Å². The highest BCUT2D eigenvalue weighted by atomic mass is 19.1. The lowest BCUT2D eigenvalue weighted by Gasteiger charge is -1.97. The van der Waals surface area contributed by atoms with E-state index in [0.717, 1.165) is 0 Å². The Bertz CT molecular complexity index is 748. The Balaban J connectivity index is 1.95. The molecule has 102 valence electrons. The maximum absolute atomic E-state index is 13.2. The molecule has 0 saturated carbocycles. The summed E-state index contributed by atoms with van der Waals surface area (Å²) >= 11 is 0. The van der Waals surface area contributed by atoms with Gasteiger partial charge in [-0.25, -0.2) is 4.39 Å². The molecule has 0 aliphatic rings. The third-order valence-corrected chi connectivity index (χ3v) is 2.92. The first-order valence-electron chi connectivity index (χ1n) is 6.07. The summed E-state index contributed by atoms with van der Waals surface area (Å²) in [5.41, 5.74) is 6.68. The van der Waals surface area contributed by atoms with Gasteiger partial charge in [0.05, 0.1) is 6.54 Å².